The van der Waals surface area contributed by atoms with Crippen molar-refractivity contribution in [2.24, 2.45) is 0 Å². The minimum absolute atomic E-state index is 0.00212. The summed E-state index contributed by atoms with van der Waals surface area (Å²) >= 11 is 4.57. The largest absolute Gasteiger partial charge is 0.328 e. The maximum absolute atomic E-state index is 12.2. The third kappa shape index (κ3) is 4.89. The van der Waals surface area contributed by atoms with E-state index in [1.807, 2.05) is 25.1 Å². The highest BCUT2D eigenvalue weighted by molar-refractivity contribution is 9.10. The summed E-state index contributed by atoms with van der Waals surface area (Å²) in [6, 6.07) is 8.58. The number of anilines is 2. The van der Waals surface area contributed by atoms with Crippen molar-refractivity contribution in [3.63, 3.8) is 0 Å². The Bertz CT molecular complexity index is 1060. The van der Waals surface area contributed by atoms with Gasteiger partial charge in [-0.05, 0) is 42.8 Å². The number of halogens is 1. The zero-order valence-electron chi connectivity index (χ0n) is 14.2. The molecular weight excluding hydrogens is 432 g/mol. The van der Waals surface area contributed by atoms with Crippen molar-refractivity contribution >= 4 is 49.9 Å². The van der Waals surface area contributed by atoms with Crippen LogP contribution in [0.2, 0.25) is 0 Å². The third-order valence-electron chi connectivity index (χ3n) is 3.64. The molecular formula is C18H15BrN4O3S. The Morgan fingerprint density at radius 1 is 1.26 bits per heavy atom. The van der Waals surface area contributed by atoms with Crippen molar-refractivity contribution in [3.8, 4) is 0 Å². The lowest BCUT2D eigenvalue weighted by molar-refractivity contribution is -0.115. The summed E-state index contributed by atoms with van der Waals surface area (Å²) in [6.45, 7) is 1.90. The molecule has 0 atom stereocenters. The van der Waals surface area contributed by atoms with Crippen LogP contribution in [0.3, 0.4) is 0 Å². The van der Waals surface area contributed by atoms with Crippen LogP contribution in [-0.2, 0) is 11.2 Å². The number of nitrogens with one attached hydrogen (secondary N) is 3. The number of carbonyl (C=O) groups excluding carboxylic acids is 2. The standard InChI is InChI=1S/C18H15BrN4O3S/c1-10-7-11(19)4-5-14(10)22-15(24)8-12-9-27-18(21-12)23-17(26)13-3-2-6-20-16(13)25/h2-7,9H,8H2,1H3,(H,20,25)(H,22,24)(H,21,23,26). The van der Waals surface area contributed by atoms with Crippen molar-refractivity contribution in [1.82, 2.24) is 9.97 Å². The topological polar surface area (TPSA) is 104 Å². The Morgan fingerprint density at radius 3 is 2.81 bits per heavy atom. The summed E-state index contributed by atoms with van der Waals surface area (Å²) in [7, 11) is 0. The van der Waals surface area contributed by atoms with Crippen molar-refractivity contribution < 1.29 is 9.59 Å². The second-order valence-corrected chi connectivity index (χ2v) is 7.47. The number of benzene rings is 1. The van der Waals surface area contributed by atoms with Crippen molar-refractivity contribution in [2.75, 3.05) is 10.6 Å². The average molecular weight is 447 g/mol. The molecule has 0 spiro atoms. The van der Waals surface area contributed by atoms with Gasteiger partial charge in [-0.2, -0.15) is 0 Å². The maximum atomic E-state index is 12.2. The zero-order chi connectivity index (χ0) is 19.4. The summed E-state index contributed by atoms with van der Waals surface area (Å²) in [6.07, 6.45) is 1.53. The first-order valence-corrected chi connectivity index (χ1v) is 9.59. The van der Waals surface area contributed by atoms with E-state index >= 15 is 0 Å². The van der Waals surface area contributed by atoms with Gasteiger partial charge in [0.25, 0.3) is 11.5 Å². The van der Waals surface area contributed by atoms with Crippen LogP contribution in [0.25, 0.3) is 0 Å². The Morgan fingerprint density at radius 2 is 2.07 bits per heavy atom. The van der Waals surface area contributed by atoms with Crippen molar-refractivity contribution in [3.05, 3.63) is 73.6 Å². The number of hydrogen-bond acceptors (Lipinski definition) is 5. The number of thiazole rings is 1. The van der Waals surface area contributed by atoms with E-state index in [4.69, 9.17) is 0 Å². The van der Waals surface area contributed by atoms with Crippen LogP contribution in [0.1, 0.15) is 21.6 Å². The summed E-state index contributed by atoms with van der Waals surface area (Å²) in [5.41, 5.74) is 1.73. The van der Waals surface area contributed by atoms with E-state index in [0.717, 1.165) is 15.7 Å². The van der Waals surface area contributed by atoms with Crippen molar-refractivity contribution in [2.45, 2.75) is 13.3 Å². The highest BCUT2D eigenvalue weighted by Crippen LogP contribution is 2.21. The van der Waals surface area contributed by atoms with Crippen molar-refractivity contribution in [1.29, 1.82) is 0 Å². The zero-order valence-corrected chi connectivity index (χ0v) is 16.6. The number of aromatic nitrogens is 2. The fourth-order valence-electron chi connectivity index (χ4n) is 2.34. The Labute approximate surface area is 167 Å². The van der Waals surface area contributed by atoms with E-state index in [1.54, 1.807) is 11.4 Å². The molecule has 3 rings (SSSR count). The number of nitrogens with zero attached hydrogens (tertiary/aromatic N) is 1. The smallest absolute Gasteiger partial charge is 0.263 e. The molecule has 2 aromatic heterocycles. The predicted molar refractivity (Wildman–Crippen MR) is 108 cm³/mol. The Hall–Kier alpha value is -2.78. The number of rotatable bonds is 5. The number of amides is 2. The van der Waals surface area contributed by atoms with Gasteiger partial charge in [-0.1, -0.05) is 15.9 Å². The number of aromatic amines is 1. The molecule has 0 aliphatic heterocycles. The van der Waals surface area contributed by atoms with Crippen LogP contribution in [0.15, 0.2) is 51.2 Å². The summed E-state index contributed by atoms with van der Waals surface area (Å²) in [5.74, 6) is -0.754. The summed E-state index contributed by atoms with van der Waals surface area (Å²) in [5, 5.41) is 7.43. The molecule has 3 N–H and O–H groups in total. The van der Waals surface area contributed by atoms with E-state index in [0.29, 0.717) is 10.8 Å². The number of pyridine rings is 1. The maximum Gasteiger partial charge on any atom is 0.263 e. The van der Waals surface area contributed by atoms with Gasteiger partial charge in [-0.15, -0.1) is 11.3 Å². The van der Waals surface area contributed by atoms with Gasteiger partial charge in [0.1, 0.15) is 5.56 Å². The van der Waals surface area contributed by atoms with E-state index in [-0.39, 0.29) is 17.9 Å². The van der Waals surface area contributed by atoms with Crippen LogP contribution in [0, 0.1) is 6.92 Å². The van der Waals surface area contributed by atoms with E-state index in [9.17, 15) is 14.4 Å². The average Bonchev–Trinajstić information content (AvgIpc) is 3.04. The minimum atomic E-state index is -0.548. The molecule has 0 bridgehead atoms. The van der Waals surface area contributed by atoms with Gasteiger partial charge < -0.3 is 10.3 Å². The molecule has 0 saturated carbocycles. The summed E-state index contributed by atoms with van der Waals surface area (Å²) < 4.78 is 0.940. The van der Waals surface area contributed by atoms with Gasteiger partial charge in [0.05, 0.1) is 12.1 Å². The van der Waals surface area contributed by atoms with E-state index in [1.165, 1.54) is 23.6 Å². The number of H-pyrrole nitrogens is 1. The second kappa shape index (κ2) is 8.28. The molecule has 2 amide bonds. The molecule has 0 unspecified atom stereocenters. The van der Waals surface area contributed by atoms with Gasteiger partial charge in [0.2, 0.25) is 5.91 Å². The van der Waals surface area contributed by atoms with Gasteiger partial charge >= 0.3 is 0 Å². The molecule has 27 heavy (non-hydrogen) atoms. The van der Waals surface area contributed by atoms with Crippen LogP contribution in [-0.4, -0.2) is 21.8 Å². The van der Waals surface area contributed by atoms with Gasteiger partial charge in [-0.3, -0.25) is 19.7 Å². The molecule has 0 aliphatic rings. The quantitative estimate of drug-likeness (QED) is 0.558. The first kappa shape index (κ1) is 19.0. The van der Waals surface area contributed by atoms with Gasteiger partial charge in [0.15, 0.2) is 5.13 Å². The first-order valence-electron chi connectivity index (χ1n) is 7.92. The Balaban J connectivity index is 1.62. The molecule has 0 aliphatic carbocycles. The molecule has 0 fully saturated rings. The lowest BCUT2D eigenvalue weighted by Crippen LogP contribution is -2.22. The molecule has 0 saturated heterocycles. The van der Waals surface area contributed by atoms with E-state index in [2.05, 4.69) is 36.5 Å². The van der Waals surface area contributed by atoms with Gasteiger partial charge in [-0.25, -0.2) is 4.98 Å². The van der Waals surface area contributed by atoms with Crippen LogP contribution in [0.4, 0.5) is 10.8 Å². The van der Waals surface area contributed by atoms with E-state index < -0.39 is 11.5 Å². The fraction of sp³-hybridized carbons (Fsp3) is 0.111. The predicted octanol–water partition coefficient (Wildman–Crippen LogP) is 3.34. The second-order valence-electron chi connectivity index (χ2n) is 5.70. The number of hydrogen-bond donors (Lipinski definition) is 3. The highest BCUT2D eigenvalue weighted by Gasteiger charge is 2.14. The SMILES string of the molecule is Cc1cc(Br)ccc1NC(=O)Cc1csc(NC(=O)c2ccc[nH]c2=O)n1. The molecule has 1 aromatic carbocycles. The lowest BCUT2D eigenvalue weighted by Gasteiger charge is -2.08. The number of carbonyl (C=O) groups is 2. The molecule has 0 radical (unpaired) electrons. The number of aryl methyl sites for hydroxylation is 1. The molecule has 3 aromatic rings. The fourth-order valence-corrected chi connectivity index (χ4v) is 3.52. The lowest BCUT2D eigenvalue weighted by atomic mass is 10.2. The third-order valence-corrected chi connectivity index (χ3v) is 4.94. The normalized spacial score (nSPS) is 10.4. The summed E-state index contributed by atoms with van der Waals surface area (Å²) in [4.78, 5) is 42.7. The van der Waals surface area contributed by atoms with Crippen LogP contribution >= 0.6 is 27.3 Å². The molecule has 9 heteroatoms. The van der Waals surface area contributed by atoms with Crippen LogP contribution in [0.5, 0.6) is 0 Å². The Kier molecular flexibility index (Phi) is 5.82. The first-order chi connectivity index (χ1) is 12.9. The molecule has 7 nitrogen and oxygen atoms in total. The minimum Gasteiger partial charge on any atom is -0.328 e. The monoisotopic (exact) mass is 446 g/mol. The van der Waals surface area contributed by atoms with Gasteiger partial charge in [0, 0.05) is 21.7 Å². The highest BCUT2D eigenvalue weighted by atomic mass is 79.9. The molecule has 2 heterocycles. The van der Waals surface area contributed by atoms with Crippen LogP contribution < -0.4 is 16.2 Å². The molecule has 138 valence electrons.